The lowest BCUT2D eigenvalue weighted by atomic mass is 9.81. The molecule has 1 aromatic heterocycles. The van der Waals surface area contributed by atoms with Crippen LogP contribution < -0.4 is 0 Å². The monoisotopic (exact) mass is 423 g/mol. The number of Topliss-reactive ketones (excluding diaryl/α,β-unsaturated/α-hetero) is 1. The average molecular weight is 424 g/mol. The predicted molar refractivity (Wildman–Crippen MR) is 112 cm³/mol. The first-order chi connectivity index (χ1) is 13.5. The highest BCUT2D eigenvalue weighted by Gasteiger charge is 2.32. The van der Waals surface area contributed by atoms with Gasteiger partial charge in [-0.05, 0) is 43.9 Å². The van der Waals surface area contributed by atoms with Gasteiger partial charge in [0.15, 0.2) is 10.0 Å². The van der Waals surface area contributed by atoms with Crippen LogP contribution in [-0.4, -0.2) is 38.8 Å². The summed E-state index contributed by atoms with van der Waals surface area (Å²) in [5.74, 6) is 1.21. The summed E-state index contributed by atoms with van der Waals surface area (Å²) in [6, 6.07) is 0. The first-order valence-electron chi connectivity index (χ1n) is 10.2. The molecule has 2 aliphatic carbocycles. The van der Waals surface area contributed by atoms with Crippen molar-refractivity contribution in [3.63, 3.8) is 0 Å². The highest BCUT2D eigenvalue weighted by Crippen LogP contribution is 2.35. The Kier molecular flexibility index (Phi) is 8.11. The van der Waals surface area contributed by atoms with Crippen LogP contribution in [0.2, 0.25) is 0 Å². The molecule has 0 unspecified atom stereocenters. The molecule has 0 radical (unpaired) electrons. The Labute approximate surface area is 174 Å². The number of hydrogen-bond acceptors (Lipinski definition) is 6. The van der Waals surface area contributed by atoms with Crippen molar-refractivity contribution in [3.05, 3.63) is 23.2 Å². The van der Waals surface area contributed by atoms with E-state index in [9.17, 15) is 14.7 Å². The van der Waals surface area contributed by atoms with Gasteiger partial charge in [0.25, 0.3) is 0 Å². The number of thiazole rings is 1. The highest BCUT2D eigenvalue weighted by molar-refractivity contribution is 8.01. The highest BCUT2D eigenvalue weighted by atomic mass is 32.2. The van der Waals surface area contributed by atoms with Gasteiger partial charge in [-0.25, -0.2) is 9.78 Å². The van der Waals surface area contributed by atoms with Crippen molar-refractivity contribution in [2.75, 3.05) is 5.75 Å². The van der Waals surface area contributed by atoms with E-state index >= 15 is 0 Å². The van der Waals surface area contributed by atoms with Crippen LogP contribution >= 0.6 is 23.1 Å². The van der Waals surface area contributed by atoms with Crippen LogP contribution in [0, 0.1) is 17.8 Å². The first kappa shape index (κ1) is 21.5. The molecule has 0 aromatic carbocycles. The summed E-state index contributed by atoms with van der Waals surface area (Å²) >= 11 is 2.86. The molecule has 2 fully saturated rings. The van der Waals surface area contributed by atoms with Crippen molar-refractivity contribution in [2.24, 2.45) is 17.8 Å². The standard InChI is InChI=1S/C21H29NO4S2/c23-16(9-7-14-3-1-4-14)6-2-5-15-8-10-19(24)17(15)11-12-27-21-22-18(13-28-21)20(25)26/h2,5,13-17,23H,1,3-4,6-12H2,(H,25,26)/b5-2+/t15-,16-,17-/m1/s1. The number of ketones is 1. The van der Waals surface area contributed by atoms with Gasteiger partial charge in [0.1, 0.15) is 5.78 Å². The molecule has 2 saturated carbocycles. The molecule has 3 rings (SSSR count). The van der Waals surface area contributed by atoms with E-state index in [2.05, 4.69) is 17.1 Å². The van der Waals surface area contributed by atoms with Gasteiger partial charge >= 0.3 is 5.97 Å². The number of aromatic carboxylic acids is 1. The van der Waals surface area contributed by atoms with Crippen molar-refractivity contribution in [1.82, 2.24) is 4.98 Å². The number of aromatic nitrogens is 1. The van der Waals surface area contributed by atoms with Gasteiger partial charge in [-0.3, -0.25) is 4.79 Å². The number of nitrogens with zero attached hydrogens (tertiary/aromatic N) is 1. The Morgan fingerprint density at radius 3 is 2.86 bits per heavy atom. The van der Waals surface area contributed by atoms with Crippen LogP contribution in [-0.2, 0) is 4.79 Å². The average Bonchev–Trinajstić information content (AvgIpc) is 3.22. The molecule has 0 spiro atoms. The van der Waals surface area contributed by atoms with Gasteiger partial charge in [0.2, 0.25) is 0 Å². The van der Waals surface area contributed by atoms with Crippen LogP contribution in [0.25, 0.3) is 0 Å². The maximum absolute atomic E-state index is 12.3. The number of thioether (sulfide) groups is 1. The topological polar surface area (TPSA) is 87.5 Å². The van der Waals surface area contributed by atoms with Gasteiger partial charge in [-0.1, -0.05) is 43.2 Å². The lowest BCUT2D eigenvalue weighted by Crippen LogP contribution is -2.15. The van der Waals surface area contributed by atoms with Crippen LogP contribution in [0.1, 0.15) is 68.3 Å². The molecule has 0 aliphatic heterocycles. The third-order valence-corrected chi connectivity index (χ3v) is 7.99. The van der Waals surface area contributed by atoms with Crippen molar-refractivity contribution in [1.29, 1.82) is 0 Å². The summed E-state index contributed by atoms with van der Waals surface area (Å²) in [7, 11) is 0. The molecule has 0 amide bonds. The molecule has 2 aliphatic rings. The fourth-order valence-corrected chi connectivity index (χ4v) is 5.87. The normalized spacial score (nSPS) is 24.0. The van der Waals surface area contributed by atoms with E-state index in [1.54, 1.807) is 5.38 Å². The Bertz CT molecular complexity index is 698. The molecule has 1 aromatic rings. The largest absolute Gasteiger partial charge is 0.476 e. The first-order valence-corrected chi connectivity index (χ1v) is 12.1. The number of aliphatic hydroxyl groups excluding tert-OH is 1. The van der Waals surface area contributed by atoms with E-state index in [4.69, 9.17) is 5.11 Å². The molecule has 2 N–H and O–H groups in total. The Balaban J connectivity index is 1.39. The maximum Gasteiger partial charge on any atom is 0.355 e. The molecule has 1 heterocycles. The van der Waals surface area contributed by atoms with Gasteiger partial charge in [0, 0.05) is 23.5 Å². The smallest absolute Gasteiger partial charge is 0.355 e. The molecule has 28 heavy (non-hydrogen) atoms. The van der Waals surface area contributed by atoms with Crippen molar-refractivity contribution in [3.8, 4) is 0 Å². The molecular formula is C21H29NO4S2. The van der Waals surface area contributed by atoms with Crippen molar-refractivity contribution in [2.45, 2.75) is 68.2 Å². The second-order valence-electron chi connectivity index (χ2n) is 7.91. The van der Waals surface area contributed by atoms with E-state index in [-0.39, 0.29) is 23.6 Å². The van der Waals surface area contributed by atoms with Gasteiger partial charge in [-0.15, -0.1) is 11.3 Å². The lowest BCUT2D eigenvalue weighted by Gasteiger charge is -2.25. The summed E-state index contributed by atoms with van der Waals surface area (Å²) in [6.45, 7) is 0. The zero-order valence-electron chi connectivity index (χ0n) is 16.1. The quantitative estimate of drug-likeness (QED) is 0.392. The van der Waals surface area contributed by atoms with Gasteiger partial charge in [0.05, 0.1) is 6.10 Å². The van der Waals surface area contributed by atoms with E-state index < -0.39 is 5.97 Å². The van der Waals surface area contributed by atoms with Crippen molar-refractivity contribution >= 4 is 34.9 Å². The number of rotatable bonds is 11. The summed E-state index contributed by atoms with van der Waals surface area (Å²) in [4.78, 5) is 27.2. The number of hydrogen-bond donors (Lipinski definition) is 2. The minimum Gasteiger partial charge on any atom is -0.476 e. The Morgan fingerprint density at radius 2 is 2.18 bits per heavy atom. The molecule has 7 heteroatoms. The summed E-state index contributed by atoms with van der Waals surface area (Å²) in [5.41, 5.74) is 0.0844. The predicted octanol–water partition coefficient (Wildman–Crippen LogP) is 4.81. The maximum atomic E-state index is 12.3. The number of aliphatic hydroxyl groups is 1. The van der Waals surface area contributed by atoms with Gasteiger partial charge < -0.3 is 10.2 Å². The van der Waals surface area contributed by atoms with E-state index in [1.165, 1.54) is 42.4 Å². The van der Waals surface area contributed by atoms with Crippen LogP contribution in [0.4, 0.5) is 0 Å². The number of carboxylic acids is 1. The fraction of sp³-hybridized carbons (Fsp3) is 0.667. The molecule has 154 valence electrons. The Hall–Kier alpha value is -1.18. The summed E-state index contributed by atoms with van der Waals surface area (Å²) in [5, 5.41) is 20.6. The second-order valence-corrected chi connectivity index (χ2v) is 10.1. The Morgan fingerprint density at radius 1 is 1.36 bits per heavy atom. The fourth-order valence-electron chi connectivity index (χ4n) is 3.97. The molecular weight excluding hydrogens is 394 g/mol. The minimum absolute atomic E-state index is 0.0368. The summed E-state index contributed by atoms with van der Waals surface area (Å²) in [6.07, 6.45) is 12.9. The summed E-state index contributed by atoms with van der Waals surface area (Å²) < 4.78 is 0.740. The zero-order valence-corrected chi connectivity index (χ0v) is 17.7. The molecule has 0 saturated heterocycles. The van der Waals surface area contributed by atoms with Gasteiger partial charge in [-0.2, -0.15) is 0 Å². The third-order valence-electron chi connectivity index (χ3n) is 5.94. The number of carbonyl (C=O) groups is 2. The molecule has 3 atom stereocenters. The van der Waals surface area contributed by atoms with Crippen LogP contribution in [0.3, 0.4) is 0 Å². The lowest BCUT2D eigenvalue weighted by molar-refractivity contribution is -0.121. The third kappa shape index (κ3) is 6.16. The minimum atomic E-state index is -1.01. The van der Waals surface area contributed by atoms with E-state index in [0.29, 0.717) is 18.6 Å². The number of allylic oxidation sites excluding steroid dienone is 1. The zero-order chi connectivity index (χ0) is 19.9. The van der Waals surface area contributed by atoms with Crippen LogP contribution in [0.15, 0.2) is 21.9 Å². The van der Waals surface area contributed by atoms with Crippen LogP contribution in [0.5, 0.6) is 0 Å². The van der Waals surface area contributed by atoms with E-state index in [0.717, 1.165) is 41.7 Å². The number of carboxylic acid groups (broad SMARTS) is 1. The molecule has 5 nitrogen and oxygen atoms in total. The molecule has 0 bridgehead atoms. The second kappa shape index (κ2) is 10.6. The SMILES string of the molecule is O=C(O)c1csc(SCC[C@H]2C(=O)CC[C@H]2/C=C/C[C@@H](O)CCC2CCC2)n1. The van der Waals surface area contributed by atoms with E-state index in [1.807, 2.05) is 0 Å². The van der Waals surface area contributed by atoms with Crippen molar-refractivity contribution < 1.29 is 19.8 Å². The number of carbonyl (C=O) groups excluding carboxylic acids is 1.